The van der Waals surface area contributed by atoms with Crippen LogP contribution in [0.2, 0.25) is 0 Å². The van der Waals surface area contributed by atoms with Crippen LogP contribution in [-0.2, 0) is 49.9 Å². The van der Waals surface area contributed by atoms with E-state index in [2.05, 4.69) is 58.9 Å². The van der Waals surface area contributed by atoms with Gasteiger partial charge in [-0.15, -0.1) is 0 Å². The molecule has 67 heavy (non-hydrogen) atoms. The van der Waals surface area contributed by atoms with Gasteiger partial charge in [-0.1, -0.05) is 46.6 Å². The van der Waals surface area contributed by atoms with Gasteiger partial charge in [-0.05, 0) is 125 Å². The standard InChI is InChI=1S/C51H69N3O12S/c1-31(2)14-9-16-33(5)18-11-21-50(7)43(58)26-37-41(56)25-36-40(46(37)64-50)29-54(49(36)60)45(63-30-55)20-13-23-53-28-39-35(48(53)59)24-42(57)38-27-44(66-67(52,61)62)51(8,65-47(38)39)22-12-19-34(6)17-10-15-32(3)4/h14-15,18-19,24-25,30,43-45,56-58H,9-13,16-17,20-23,26-29H2,1-8H3,(H2,52,61,62)/b33-18+,34-19+/t43-,44-,45+,50+,51+/m0/s1. The summed E-state index contributed by atoms with van der Waals surface area (Å²) in [5.41, 5.74) is 5.00. The first kappa shape index (κ1) is 51.2. The van der Waals surface area contributed by atoms with Crippen molar-refractivity contribution in [2.45, 2.75) is 175 Å². The van der Waals surface area contributed by atoms with Gasteiger partial charge in [-0.2, -0.15) is 8.42 Å². The van der Waals surface area contributed by atoms with Crippen molar-refractivity contribution in [2.24, 2.45) is 5.14 Å². The quantitative estimate of drug-likeness (QED) is 0.0687. The molecule has 4 aliphatic rings. The number of nitrogens with two attached hydrogens (primary N) is 1. The maximum absolute atomic E-state index is 14.0. The molecule has 2 aromatic carbocycles. The second kappa shape index (κ2) is 21.0. The number of nitrogens with zero attached hydrogens (tertiary/aromatic N) is 2. The number of phenols is 2. The Morgan fingerprint density at radius 2 is 1.31 bits per heavy atom. The minimum atomic E-state index is -4.40. The average molecular weight is 948 g/mol. The fourth-order valence-electron chi connectivity index (χ4n) is 9.59. The number of carbonyl (C=O) groups is 3. The minimum absolute atomic E-state index is 0.0296. The third-order valence-corrected chi connectivity index (χ3v) is 14.1. The number of phenolic OH excluding ortho intramolecular Hbond substituents is 2. The molecule has 5 atom stereocenters. The fraction of sp³-hybridized carbons (Fsp3) is 0.549. The Labute approximate surface area is 395 Å². The molecule has 0 saturated carbocycles. The first-order valence-corrected chi connectivity index (χ1v) is 24.8. The van der Waals surface area contributed by atoms with Gasteiger partial charge >= 0.3 is 10.3 Å². The molecule has 2 amide bonds. The summed E-state index contributed by atoms with van der Waals surface area (Å²) in [6.07, 6.45) is 11.9. The van der Waals surface area contributed by atoms with Gasteiger partial charge < -0.3 is 34.4 Å². The Morgan fingerprint density at radius 1 is 0.791 bits per heavy atom. The molecule has 0 radical (unpaired) electrons. The highest BCUT2D eigenvalue weighted by Crippen LogP contribution is 2.49. The molecule has 0 saturated heterocycles. The van der Waals surface area contributed by atoms with Crippen LogP contribution in [-0.4, -0.2) is 88.0 Å². The predicted molar refractivity (Wildman–Crippen MR) is 254 cm³/mol. The van der Waals surface area contributed by atoms with Crippen molar-refractivity contribution in [1.82, 2.24) is 9.80 Å². The second-order valence-corrected chi connectivity index (χ2v) is 20.8. The fourth-order valence-corrected chi connectivity index (χ4v) is 10.2. The van der Waals surface area contributed by atoms with Gasteiger partial charge in [0.05, 0.1) is 30.3 Å². The summed E-state index contributed by atoms with van der Waals surface area (Å²) in [5, 5.41) is 38.9. The Morgan fingerprint density at radius 3 is 1.87 bits per heavy atom. The zero-order valence-corrected chi connectivity index (χ0v) is 41.1. The summed E-state index contributed by atoms with van der Waals surface area (Å²) in [4.78, 5) is 42.8. The summed E-state index contributed by atoms with van der Waals surface area (Å²) in [6, 6.07) is 2.74. The Kier molecular flexibility index (Phi) is 16.1. The number of hydrogen-bond donors (Lipinski definition) is 4. The van der Waals surface area contributed by atoms with E-state index in [1.165, 1.54) is 39.3 Å². The lowest BCUT2D eigenvalue weighted by molar-refractivity contribution is -0.141. The number of allylic oxidation sites excluding steroid dienone is 8. The van der Waals surface area contributed by atoms with E-state index in [0.717, 1.165) is 25.7 Å². The SMILES string of the molecule is CC(C)=CCC/C(C)=C/CC[C@@]1(C)Oc2c(c(O)cc3c2CN(CCC[C@@H](OC=O)N2Cc4c(cc(O)c5c4O[C@](C)(CC/C=C(\C)CCC=C(C)C)[C@@H](O)C5)C2=O)C3=O)C[C@@H]1OS(N)(=O)=O. The highest BCUT2D eigenvalue weighted by Gasteiger charge is 2.48. The molecule has 5 N–H and O–H groups in total. The van der Waals surface area contributed by atoms with Gasteiger partial charge in [-0.3, -0.25) is 23.5 Å². The molecule has 0 aliphatic carbocycles. The van der Waals surface area contributed by atoms with Crippen LogP contribution < -0.4 is 14.6 Å². The smallest absolute Gasteiger partial charge is 0.333 e. The summed E-state index contributed by atoms with van der Waals surface area (Å²) in [7, 11) is -4.40. The Bertz CT molecular complexity index is 2470. The van der Waals surface area contributed by atoms with E-state index in [9.17, 15) is 38.1 Å². The van der Waals surface area contributed by atoms with E-state index in [4.69, 9.17) is 23.5 Å². The number of rotatable bonds is 21. The summed E-state index contributed by atoms with van der Waals surface area (Å²) >= 11 is 0. The van der Waals surface area contributed by atoms with E-state index < -0.39 is 45.8 Å². The highest BCUT2D eigenvalue weighted by molar-refractivity contribution is 7.84. The molecule has 366 valence electrons. The van der Waals surface area contributed by atoms with E-state index >= 15 is 0 Å². The van der Waals surface area contributed by atoms with Crippen molar-refractivity contribution in [2.75, 3.05) is 6.54 Å². The number of fused-ring (bicyclic) bond motifs is 6. The molecule has 2 aromatic rings. The largest absolute Gasteiger partial charge is 0.508 e. The predicted octanol–water partition coefficient (Wildman–Crippen LogP) is 8.27. The molecule has 4 heterocycles. The number of amides is 2. The lowest BCUT2D eigenvalue weighted by atomic mass is 9.84. The molecular weight excluding hydrogens is 879 g/mol. The van der Waals surface area contributed by atoms with E-state index in [1.54, 1.807) is 11.8 Å². The molecule has 0 unspecified atom stereocenters. The van der Waals surface area contributed by atoms with Gasteiger partial charge in [-0.25, -0.2) is 5.14 Å². The summed E-state index contributed by atoms with van der Waals surface area (Å²) < 4.78 is 48.5. The van der Waals surface area contributed by atoms with Gasteiger partial charge in [0.2, 0.25) is 0 Å². The number of aliphatic hydroxyl groups excluding tert-OH is 1. The molecule has 0 fully saturated rings. The van der Waals surface area contributed by atoms with Crippen molar-refractivity contribution in [3.05, 3.63) is 92.1 Å². The molecule has 0 bridgehead atoms. The number of benzene rings is 2. The van der Waals surface area contributed by atoms with Gasteiger partial charge in [0, 0.05) is 48.1 Å². The molecule has 0 aromatic heterocycles. The van der Waals surface area contributed by atoms with Crippen LogP contribution in [0.3, 0.4) is 0 Å². The van der Waals surface area contributed by atoms with Crippen LogP contribution >= 0.6 is 0 Å². The molecule has 6 rings (SSSR count). The summed E-state index contributed by atoms with van der Waals surface area (Å²) in [6.45, 7) is 16.6. The zero-order valence-electron chi connectivity index (χ0n) is 40.3. The zero-order chi connectivity index (χ0) is 49.0. The van der Waals surface area contributed by atoms with Crippen molar-refractivity contribution in [1.29, 1.82) is 0 Å². The van der Waals surface area contributed by atoms with Gasteiger partial charge in [0.15, 0.2) is 6.23 Å². The van der Waals surface area contributed by atoms with Crippen molar-refractivity contribution in [3.63, 3.8) is 0 Å². The van der Waals surface area contributed by atoms with E-state index in [1.807, 2.05) is 13.8 Å². The average Bonchev–Trinajstić information content (AvgIpc) is 3.73. The summed E-state index contributed by atoms with van der Waals surface area (Å²) in [5.74, 6) is -0.566. The molecule has 15 nitrogen and oxygen atoms in total. The third kappa shape index (κ3) is 11.9. The second-order valence-electron chi connectivity index (χ2n) is 19.6. The van der Waals surface area contributed by atoms with Crippen molar-refractivity contribution >= 4 is 28.6 Å². The number of aromatic hydroxyl groups is 2. The monoisotopic (exact) mass is 947 g/mol. The number of hydrogen-bond acceptors (Lipinski definition) is 12. The third-order valence-electron chi connectivity index (χ3n) is 13.6. The first-order valence-electron chi connectivity index (χ1n) is 23.3. The number of aliphatic hydroxyl groups is 1. The molecule has 4 aliphatic heterocycles. The molecule has 16 heteroatoms. The Balaban J connectivity index is 1.14. The van der Waals surface area contributed by atoms with Crippen molar-refractivity contribution < 1.29 is 56.5 Å². The Hall–Kier alpha value is -5.16. The first-order chi connectivity index (χ1) is 31.5. The van der Waals surface area contributed by atoms with Crippen LogP contribution in [0.25, 0.3) is 0 Å². The van der Waals surface area contributed by atoms with Crippen LogP contribution in [0.1, 0.15) is 163 Å². The van der Waals surface area contributed by atoms with Crippen LogP contribution in [0.5, 0.6) is 23.0 Å². The van der Waals surface area contributed by atoms with E-state index in [-0.39, 0.29) is 73.9 Å². The lowest BCUT2D eigenvalue weighted by Crippen LogP contribution is -2.52. The van der Waals surface area contributed by atoms with Crippen LogP contribution in [0, 0.1) is 0 Å². The highest BCUT2D eigenvalue weighted by atomic mass is 32.2. The molecule has 0 spiro atoms. The minimum Gasteiger partial charge on any atom is -0.508 e. The number of ether oxygens (including phenoxy) is 3. The van der Waals surface area contributed by atoms with Gasteiger partial charge in [0.25, 0.3) is 18.3 Å². The lowest BCUT2D eigenvalue weighted by Gasteiger charge is -2.42. The normalized spacial score (nSPS) is 22.8. The van der Waals surface area contributed by atoms with Gasteiger partial charge in [0.1, 0.15) is 40.3 Å². The van der Waals surface area contributed by atoms with Crippen LogP contribution in [0.15, 0.2) is 58.7 Å². The van der Waals surface area contributed by atoms with Crippen molar-refractivity contribution in [3.8, 4) is 23.0 Å². The topological polar surface area (TPSA) is 215 Å². The van der Waals surface area contributed by atoms with Crippen LogP contribution in [0.4, 0.5) is 0 Å². The number of carbonyl (C=O) groups excluding carboxylic acids is 3. The molecular formula is C51H69N3O12S. The maximum Gasteiger partial charge on any atom is 0.333 e. The van der Waals surface area contributed by atoms with E-state index in [0.29, 0.717) is 65.9 Å². The maximum atomic E-state index is 14.0.